The van der Waals surface area contributed by atoms with Crippen molar-refractivity contribution in [1.82, 2.24) is 4.90 Å². The first-order valence-corrected chi connectivity index (χ1v) is 6.84. The highest BCUT2D eigenvalue weighted by atomic mass is 16.5. The predicted octanol–water partition coefficient (Wildman–Crippen LogP) is 1.95. The van der Waals surface area contributed by atoms with Gasteiger partial charge in [0.2, 0.25) is 0 Å². The number of nitrogens with zero attached hydrogens (tertiary/aromatic N) is 1. The van der Waals surface area contributed by atoms with Crippen molar-refractivity contribution in [1.29, 1.82) is 0 Å². The van der Waals surface area contributed by atoms with E-state index in [4.69, 9.17) is 9.47 Å². The second-order valence-corrected chi connectivity index (χ2v) is 5.28. The zero-order valence-electron chi connectivity index (χ0n) is 11.2. The molecular formula is C15H19NO3. The van der Waals surface area contributed by atoms with E-state index in [0.717, 1.165) is 6.54 Å². The Bertz CT molecular complexity index is 466. The van der Waals surface area contributed by atoms with Gasteiger partial charge in [-0.2, -0.15) is 0 Å². The fraction of sp³-hybridized carbons (Fsp3) is 0.533. The number of carbonyl (C=O) groups excluding carboxylic acids is 1. The lowest BCUT2D eigenvalue weighted by atomic mass is 9.86. The van der Waals surface area contributed by atoms with Crippen molar-refractivity contribution < 1.29 is 14.3 Å². The van der Waals surface area contributed by atoms with Crippen LogP contribution in [0.25, 0.3) is 0 Å². The van der Waals surface area contributed by atoms with Crippen molar-refractivity contribution in [3.05, 3.63) is 29.8 Å². The fourth-order valence-electron chi connectivity index (χ4n) is 3.06. The number of methoxy groups -OCH3 is 1. The second kappa shape index (κ2) is 5.21. The molecule has 3 saturated heterocycles. The molecule has 1 unspecified atom stereocenters. The fourth-order valence-corrected chi connectivity index (χ4v) is 3.06. The highest BCUT2D eigenvalue weighted by Gasteiger charge is 2.36. The van der Waals surface area contributed by atoms with Crippen LogP contribution in [0.3, 0.4) is 0 Å². The van der Waals surface area contributed by atoms with Gasteiger partial charge in [-0.25, -0.2) is 4.79 Å². The molecule has 4 heteroatoms. The summed E-state index contributed by atoms with van der Waals surface area (Å²) in [5, 5.41) is 0. The van der Waals surface area contributed by atoms with Crippen molar-refractivity contribution in [2.24, 2.45) is 5.92 Å². The van der Waals surface area contributed by atoms with Gasteiger partial charge in [0.05, 0.1) is 7.11 Å². The van der Waals surface area contributed by atoms with Gasteiger partial charge in [0.1, 0.15) is 17.4 Å². The van der Waals surface area contributed by atoms with Crippen molar-refractivity contribution in [3.63, 3.8) is 0 Å². The third kappa shape index (κ3) is 2.45. The van der Waals surface area contributed by atoms with Gasteiger partial charge >= 0.3 is 5.97 Å². The van der Waals surface area contributed by atoms with Gasteiger partial charge in [0, 0.05) is 6.54 Å². The molecule has 3 aliphatic rings. The van der Waals surface area contributed by atoms with Crippen LogP contribution in [-0.2, 0) is 4.74 Å². The predicted molar refractivity (Wildman–Crippen MR) is 71.4 cm³/mol. The third-order valence-electron chi connectivity index (χ3n) is 4.17. The molecule has 0 amide bonds. The molecule has 4 nitrogen and oxygen atoms in total. The van der Waals surface area contributed by atoms with E-state index >= 15 is 0 Å². The second-order valence-electron chi connectivity index (χ2n) is 5.28. The van der Waals surface area contributed by atoms with E-state index in [1.807, 2.05) is 18.2 Å². The molecule has 1 atom stereocenters. The lowest BCUT2D eigenvalue weighted by Crippen LogP contribution is -2.52. The van der Waals surface area contributed by atoms with Crippen LogP contribution in [0, 0.1) is 5.92 Å². The van der Waals surface area contributed by atoms with Gasteiger partial charge in [-0.1, -0.05) is 12.1 Å². The highest BCUT2D eigenvalue weighted by molar-refractivity contribution is 5.92. The summed E-state index contributed by atoms with van der Waals surface area (Å²) in [6, 6.07) is 7.32. The van der Waals surface area contributed by atoms with Crippen molar-refractivity contribution in [2.45, 2.75) is 18.9 Å². The number of carbonyl (C=O) groups is 1. The zero-order chi connectivity index (χ0) is 13.2. The average molecular weight is 261 g/mol. The van der Waals surface area contributed by atoms with Gasteiger partial charge in [-0.3, -0.25) is 4.90 Å². The molecule has 3 heterocycles. The SMILES string of the molecule is COC(=O)c1ccccc1OC1CN2CCC1CC2. The number of fused-ring (bicyclic) bond motifs is 3. The summed E-state index contributed by atoms with van der Waals surface area (Å²) in [5.41, 5.74) is 0.515. The number of para-hydroxylation sites is 1. The summed E-state index contributed by atoms with van der Waals surface area (Å²) in [7, 11) is 1.40. The molecule has 3 aliphatic heterocycles. The molecule has 0 N–H and O–H groups in total. The number of piperidine rings is 3. The minimum atomic E-state index is -0.336. The Balaban J connectivity index is 1.78. The van der Waals surface area contributed by atoms with Crippen LogP contribution >= 0.6 is 0 Å². The molecule has 1 aromatic carbocycles. The third-order valence-corrected chi connectivity index (χ3v) is 4.17. The maximum absolute atomic E-state index is 11.7. The van der Waals surface area contributed by atoms with Crippen LogP contribution in [-0.4, -0.2) is 43.7 Å². The zero-order valence-corrected chi connectivity index (χ0v) is 11.2. The maximum Gasteiger partial charge on any atom is 0.341 e. The van der Waals surface area contributed by atoms with Gasteiger partial charge in [-0.05, 0) is 44.0 Å². The molecule has 102 valence electrons. The lowest BCUT2D eigenvalue weighted by molar-refractivity contribution is -0.00844. The summed E-state index contributed by atoms with van der Waals surface area (Å²) in [6.07, 6.45) is 2.60. The molecule has 0 aromatic heterocycles. The summed E-state index contributed by atoms with van der Waals surface area (Å²) < 4.78 is 10.9. The van der Waals surface area contributed by atoms with Gasteiger partial charge in [0.25, 0.3) is 0 Å². The summed E-state index contributed by atoms with van der Waals surface area (Å²) in [4.78, 5) is 14.2. The van der Waals surface area contributed by atoms with Crippen LogP contribution in [0.4, 0.5) is 0 Å². The Morgan fingerprint density at radius 1 is 1.26 bits per heavy atom. The van der Waals surface area contributed by atoms with E-state index in [1.165, 1.54) is 33.0 Å². The van der Waals surface area contributed by atoms with E-state index in [9.17, 15) is 4.79 Å². The summed E-state index contributed by atoms with van der Waals surface area (Å²) in [6.45, 7) is 3.34. The molecule has 0 saturated carbocycles. The van der Waals surface area contributed by atoms with E-state index in [-0.39, 0.29) is 12.1 Å². The van der Waals surface area contributed by atoms with Gasteiger partial charge in [0.15, 0.2) is 0 Å². The van der Waals surface area contributed by atoms with Gasteiger partial charge < -0.3 is 9.47 Å². The normalized spacial score (nSPS) is 29.0. The Morgan fingerprint density at radius 2 is 2.00 bits per heavy atom. The Kier molecular flexibility index (Phi) is 3.42. The molecule has 1 aromatic rings. The quantitative estimate of drug-likeness (QED) is 0.780. The largest absolute Gasteiger partial charge is 0.488 e. The van der Waals surface area contributed by atoms with E-state index < -0.39 is 0 Å². The number of hydrogen-bond acceptors (Lipinski definition) is 4. The summed E-state index contributed by atoms with van der Waals surface area (Å²) >= 11 is 0. The average Bonchev–Trinajstić information content (AvgIpc) is 2.48. The first kappa shape index (κ1) is 12.5. The number of ether oxygens (including phenoxy) is 2. The highest BCUT2D eigenvalue weighted by Crippen LogP contribution is 2.31. The van der Waals surface area contributed by atoms with Crippen LogP contribution in [0.15, 0.2) is 24.3 Å². The van der Waals surface area contributed by atoms with Crippen molar-refractivity contribution >= 4 is 5.97 Å². The topological polar surface area (TPSA) is 38.8 Å². The molecular weight excluding hydrogens is 242 g/mol. The molecule has 19 heavy (non-hydrogen) atoms. The first-order chi connectivity index (χ1) is 9.28. The Hall–Kier alpha value is -1.55. The first-order valence-electron chi connectivity index (χ1n) is 6.84. The Morgan fingerprint density at radius 3 is 2.63 bits per heavy atom. The number of benzene rings is 1. The standard InChI is InChI=1S/C15H19NO3/c1-18-15(17)12-4-2-3-5-13(12)19-14-10-16-8-6-11(14)7-9-16/h2-5,11,14H,6-10H2,1H3. The molecule has 0 radical (unpaired) electrons. The number of esters is 1. The van der Waals surface area contributed by atoms with Crippen LogP contribution in [0.2, 0.25) is 0 Å². The monoisotopic (exact) mass is 261 g/mol. The number of rotatable bonds is 3. The minimum Gasteiger partial charge on any atom is -0.488 e. The van der Waals surface area contributed by atoms with Crippen LogP contribution in [0.5, 0.6) is 5.75 Å². The number of hydrogen-bond donors (Lipinski definition) is 0. The van der Waals surface area contributed by atoms with E-state index in [0.29, 0.717) is 17.2 Å². The molecule has 3 fully saturated rings. The Labute approximate surface area is 113 Å². The van der Waals surface area contributed by atoms with Crippen LogP contribution in [0.1, 0.15) is 23.2 Å². The van der Waals surface area contributed by atoms with Crippen molar-refractivity contribution in [2.75, 3.05) is 26.7 Å². The maximum atomic E-state index is 11.7. The molecule has 2 bridgehead atoms. The smallest absolute Gasteiger partial charge is 0.341 e. The molecule has 4 rings (SSSR count). The van der Waals surface area contributed by atoms with Gasteiger partial charge in [-0.15, -0.1) is 0 Å². The molecule has 0 spiro atoms. The summed E-state index contributed by atoms with van der Waals surface area (Å²) in [5.74, 6) is 0.931. The molecule has 0 aliphatic carbocycles. The van der Waals surface area contributed by atoms with E-state index in [1.54, 1.807) is 6.07 Å². The lowest BCUT2D eigenvalue weighted by Gasteiger charge is -2.44. The van der Waals surface area contributed by atoms with Crippen LogP contribution < -0.4 is 4.74 Å². The van der Waals surface area contributed by atoms with E-state index in [2.05, 4.69) is 4.90 Å². The van der Waals surface area contributed by atoms with Crippen molar-refractivity contribution in [3.8, 4) is 5.75 Å². The minimum absolute atomic E-state index is 0.202.